The molecule has 1 saturated heterocycles. The van der Waals surface area contributed by atoms with Crippen molar-refractivity contribution in [3.05, 3.63) is 69.3 Å². The predicted octanol–water partition coefficient (Wildman–Crippen LogP) is 3.44. The highest BCUT2D eigenvalue weighted by Gasteiger charge is 2.24. The van der Waals surface area contributed by atoms with Gasteiger partial charge in [-0.15, -0.1) is 0 Å². The van der Waals surface area contributed by atoms with Crippen LogP contribution in [0, 0.1) is 27.7 Å². The minimum Gasteiger partial charge on any atom is -0.340 e. The summed E-state index contributed by atoms with van der Waals surface area (Å²) in [5, 5.41) is 5.39. The molecule has 0 radical (unpaired) electrons. The monoisotopic (exact) mass is 452 g/mol. The van der Waals surface area contributed by atoms with E-state index in [1.807, 2.05) is 56.9 Å². The van der Waals surface area contributed by atoms with Gasteiger partial charge in [0.1, 0.15) is 0 Å². The van der Waals surface area contributed by atoms with E-state index in [0.717, 1.165) is 66.1 Å². The zero-order chi connectivity index (χ0) is 22.8. The van der Waals surface area contributed by atoms with E-state index in [4.69, 9.17) is 11.6 Å². The van der Waals surface area contributed by atoms with Gasteiger partial charge in [0.15, 0.2) is 0 Å². The van der Waals surface area contributed by atoms with E-state index in [0.29, 0.717) is 12.4 Å². The summed E-state index contributed by atoms with van der Waals surface area (Å²) in [5.41, 5.74) is 5.71. The predicted molar refractivity (Wildman–Crippen MR) is 125 cm³/mol. The van der Waals surface area contributed by atoms with Crippen LogP contribution in [-0.4, -0.2) is 61.6 Å². The average Bonchev–Trinajstić information content (AvgIpc) is 3.02. The van der Waals surface area contributed by atoms with Crippen LogP contribution in [0.15, 0.2) is 30.3 Å². The molecule has 0 saturated carbocycles. The van der Waals surface area contributed by atoms with Crippen LogP contribution in [-0.2, 0) is 17.8 Å². The Bertz CT molecular complexity index is 1110. The number of carbonyl (C=O) groups is 1. The van der Waals surface area contributed by atoms with E-state index in [1.54, 1.807) is 4.68 Å². The summed E-state index contributed by atoms with van der Waals surface area (Å²) in [6, 6.07) is 9.89. The minimum atomic E-state index is 0.138. The zero-order valence-corrected chi connectivity index (χ0v) is 19.9. The Balaban J connectivity index is 1.40. The molecule has 1 fully saturated rings. The van der Waals surface area contributed by atoms with Crippen LogP contribution >= 0.6 is 11.6 Å². The maximum Gasteiger partial charge on any atom is 0.251 e. The van der Waals surface area contributed by atoms with Crippen LogP contribution in [0.3, 0.4) is 0 Å². The molecular formula is C24H29ClN6O. The first-order valence-corrected chi connectivity index (χ1v) is 11.3. The summed E-state index contributed by atoms with van der Waals surface area (Å²) in [7, 11) is 0. The van der Waals surface area contributed by atoms with Crippen molar-refractivity contribution in [2.75, 3.05) is 26.2 Å². The quantitative estimate of drug-likeness (QED) is 0.593. The second kappa shape index (κ2) is 9.38. The maximum absolute atomic E-state index is 13.1. The first-order valence-electron chi connectivity index (χ1n) is 10.9. The molecule has 0 unspecified atom stereocenters. The second-order valence-corrected chi connectivity index (χ2v) is 8.91. The number of aromatic nitrogens is 4. The molecule has 1 amide bonds. The molecule has 168 valence electrons. The molecule has 0 bridgehead atoms. The molecule has 1 aliphatic heterocycles. The highest BCUT2D eigenvalue weighted by Crippen LogP contribution is 2.19. The van der Waals surface area contributed by atoms with E-state index in [2.05, 4.69) is 26.0 Å². The van der Waals surface area contributed by atoms with Crippen LogP contribution in [0.1, 0.15) is 33.9 Å². The largest absolute Gasteiger partial charge is 0.340 e. The number of piperazine rings is 1. The van der Waals surface area contributed by atoms with Gasteiger partial charge in [0.2, 0.25) is 5.91 Å². The first-order chi connectivity index (χ1) is 15.3. The smallest absolute Gasteiger partial charge is 0.251 e. The summed E-state index contributed by atoms with van der Waals surface area (Å²) >= 11 is 6.10. The fourth-order valence-corrected chi connectivity index (χ4v) is 4.45. The lowest BCUT2D eigenvalue weighted by Crippen LogP contribution is -2.48. The molecule has 1 aliphatic rings. The van der Waals surface area contributed by atoms with Crippen molar-refractivity contribution >= 4 is 17.5 Å². The molecule has 0 spiro atoms. The molecule has 0 atom stereocenters. The SMILES string of the molecule is Cc1cc(C)nc(-n2nc(C)c(CC(=O)N3CCN(Cc4cccc(Cl)c4)CC3)c2C)n1. The molecule has 3 aromatic rings. The van der Waals surface area contributed by atoms with Crippen molar-refractivity contribution in [1.82, 2.24) is 29.5 Å². The van der Waals surface area contributed by atoms with Gasteiger partial charge in [-0.3, -0.25) is 9.69 Å². The third-order valence-electron chi connectivity index (χ3n) is 5.95. The summed E-state index contributed by atoms with van der Waals surface area (Å²) in [6.45, 7) is 11.8. The fourth-order valence-electron chi connectivity index (χ4n) is 4.24. The molecule has 1 aromatic carbocycles. The summed E-state index contributed by atoms with van der Waals surface area (Å²) < 4.78 is 1.75. The van der Waals surface area contributed by atoms with Crippen LogP contribution in [0.25, 0.3) is 5.95 Å². The number of rotatable bonds is 5. The number of benzene rings is 1. The molecular weight excluding hydrogens is 424 g/mol. The molecule has 4 rings (SSSR count). The average molecular weight is 453 g/mol. The van der Waals surface area contributed by atoms with E-state index in [9.17, 15) is 4.79 Å². The van der Waals surface area contributed by atoms with Gasteiger partial charge in [0, 0.05) is 60.4 Å². The molecule has 0 aliphatic carbocycles. The Labute approximate surface area is 194 Å². The Morgan fingerprint density at radius 3 is 2.34 bits per heavy atom. The van der Waals surface area contributed by atoms with Gasteiger partial charge < -0.3 is 4.90 Å². The van der Waals surface area contributed by atoms with Crippen molar-refractivity contribution in [3.8, 4) is 5.95 Å². The van der Waals surface area contributed by atoms with Gasteiger partial charge >= 0.3 is 0 Å². The number of hydrogen-bond donors (Lipinski definition) is 0. The first kappa shape index (κ1) is 22.4. The van der Waals surface area contributed by atoms with Crippen LogP contribution < -0.4 is 0 Å². The van der Waals surface area contributed by atoms with Gasteiger partial charge in [-0.25, -0.2) is 14.6 Å². The van der Waals surface area contributed by atoms with Crippen molar-refractivity contribution < 1.29 is 4.79 Å². The lowest BCUT2D eigenvalue weighted by Gasteiger charge is -2.35. The maximum atomic E-state index is 13.1. The van der Waals surface area contributed by atoms with Crippen LogP contribution in [0.4, 0.5) is 0 Å². The molecule has 2 aromatic heterocycles. The number of nitrogens with zero attached hydrogens (tertiary/aromatic N) is 6. The second-order valence-electron chi connectivity index (χ2n) is 8.48. The Kier molecular flexibility index (Phi) is 6.58. The highest BCUT2D eigenvalue weighted by atomic mass is 35.5. The number of aryl methyl sites for hydroxylation is 3. The van der Waals surface area contributed by atoms with Crippen molar-refractivity contribution in [3.63, 3.8) is 0 Å². The Hall–Kier alpha value is -2.77. The fraction of sp³-hybridized carbons (Fsp3) is 0.417. The number of halogens is 1. The third kappa shape index (κ3) is 5.00. The summed E-state index contributed by atoms with van der Waals surface area (Å²) in [5.74, 6) is 0.691. The van der Waals surface area contributed by atoms with Gasteiger partial charge in [-0.1, -0.05) is 23.7 Å². The normalized spacial score (nSPS) is 14.7. The van der Waals surface area contributed by atoms with Gasteiger partial charge in [-0.05, 0) is 51.5 Å². The van der Waals surface area contributed by atoms with E-state index in [-0.39, 0.29) is 5.91 Å². The minimum absolute atomic E-state index is 0.138. The standard InChI is InChI=1S/C24H29ClN6O/c1-16-12-17(2)27-24(26-16)31-19(4)22(18(3)28-31)14-23(32)30-10-8-29(9-11-30)15-20-6-5-7-21(25)13-20/h5-7,12-13H,8-11,14-15H2,1-4H3. The zero-order valence-electron chi connectivity index (χ0n) is 19.1. The van der Waals surface area contributed by atoms with Gasteiger partial charge in [-0.2, -0.15) is 5.10 Å². The molecule has 7 nitrogen and oxygen atoms in total. The lowest BCUT2D eigenvalue weighted by molar-refractivity contribution is -0.132. The number of amides is 1. The van der Waals surface area contributed by atoms with E-state index < -0.39 is 0 Å². The number of carbonyl (C=O) groups excluding carboxylic acids is 1. The van der Waals surface area contributed by atoms with Gasteiger partial charge in [0.25, 0.3) is 5.95 Å². The van der Waals surface area contributed by atoms with Gasteiger partial charge in [0.05, 0.1) is 12.1 Å². The molecule has 8 heteroatoms. The van der Waals surface area contributed by atoms with E-state index >= 15 is 0 Å². The van der Waals surface area contributed by atoms with Crippen LogP contribution in [0.2, 0.25) is 5.02 Å². The summed E-state index contributed by atoms with van der Waals surface area (Å²) in [4.78, 5) is 26.4. The van der Waals surface area contributed by atoms with Crippen molar-refractivity contribution in [2.45, 2.75) is 40.7 Å². The Morgan fingerprint density at radius 2 is 1.69 bits per heavy atom. The number of hydrogen-bond acceptors (Lipinski definition) is 5. The topological polar surface area (TPSA) is 67.2 Å². The van der Waals surface area contributed by atoms with Crippen molar-refractivity contribution in [2.24, 2.45) is 0 Å². The highest BCUT2D eigenvalue weighted by molar-refractivity contribution is 6.30. The molecule has 0 N–H and O–H groups in total. The third-order valence-corrected chi connectivity index (χ3v) is 6.18. The summed E-state index contributed by atoms with van der Waals surface area (Å²) in [6.07, 6.45) is 0.344. The molecule has 32 heavy (non-hydrogen) atoms. The van der Waals surface area contributed by atoms with Crippen LogP contribution in [0.5, 0.6) is 0 Å². The van der Waals surface area contributed by atoms with Crippen molar-refractivity contribution in [1.29, 1.82) is 0 Å². The van der Waals surface area contributed by atoms with E-state index in [1.165, 1.54) is 5.56 Å². The lowest BCUT2D eigenvalue weighted by atomic mass is 10.1. The molecule has 3 heterocycles. The Morgan fingerprint density at radius 1 is 1.00 bits per heavy atom.